The van der Waals surface area contributed by atoms with Crippen molar-refractivity contribution in [2.45, 2.75) is 38.5 Å². The summed E-state index contributed by atoms with van der Waals surface area (Å²) in [6, 6.07) is 0. The zero-order valence-electron chi connectivity index (χ0n) is 17.7. The molecular formula is C18H28FN3O8S. The number of carbonyl (C=O) groups excluding carboxylic acids is 3. The molecule has 1 aliphatic heterocycles. The quantitative estimate of drug-likeness (QED) is 0.153. The van der Waals surface area contributed by atoms with Gasteiger partial charge in [-0.05, 0) is 12.8 Å². The van der Waals surface area contributed by atoms with Crippen LogP contribution in [0.1, 0.15) is 20.8 Å². The molecule has 0 radical (unpaired) electrons. The van der Waals surface area contributed by atoms with E-state index in [1.165, 1.54) is 6.92 Å². The van der Waals surface area contributed by atoms with E-state index in [0.29, 0.717) is 0 Å². The Bertz CT molecular complexity index is 705. The molecular weight excluding hydrogens is 437 g/mol. The second-order valence-electron chi connectivity index (χ2n) is 7.20. The number of hydrogen-bond acceptors (Lipinski definition) is 10. The van der Waals surface area contributed by atoms with Crippen LogP contribution in [0.4, 0.5) is 9.18 Å². The smallest absolute Gasteiger partial charge is 0.412 e. The lowest BCUT2D eigenvalue weighted by Crippen LogP contribution is -2.49. The first-order valence-electron chi connectivity index (χ1n) is 9.30. The molecule has 11 nitrogen and oxygen atoms in total. The van der Waals surface area contributed by atoms with Gasteiger partial charge in [0.2, 0.25) is 6.41 Å². The lowest BCUT2D eigenvalue weighted by molar-refractivity contribution is -0.168. The summed E-state index contributed by atoms with van der Waals surface area (Å²) < 4.78 is 29.4. The van der Waals surface area contributed by atoms with Gasteiger partial charge in [0.1, 0.15) is 23.2 Å². The highest BCUT2D eigenvalue weighted by atomic mass is 32.2. The molecule has 4 N–H and O–H groups in total. The Morgan fingerprint density at radius 3 is 2.68 bits per heavy atom. The van der Waals surface area contributed by atoms with Crippen molar-refractivity contribution < 1.29 is 43.2 Å². The highest BCUT2D eigenvalue weighted by Crippen LogP contribution is 2.35. The molecule has 2 amide bonds. The summed E-state index contributed by atoms with van der Waals surface area (Å²) in [5.41, 5.74) is -2.51. The van der Waals surface area contributed by atoms with Crippen molar-refractivity contribution in [1.82, 2.24) is 10.6 Å². The van der Waals surface area contributed by atoms with Gasteiger partial charge in [-0.2, -0.15) is 4.99 Å². The van der Waals surface area contributed by atoms with Crippen molar-refractivity contribution in [2.24, 2.45) is 16.3 Å². The molecule has 13 heteroatoms. The summed E-state index contributed by atoms with van der Waals surface area (Å²) in [5, 5.41) is 24.6. The van der Waals surface area contributed by atoms with Gasteiger partial charge in [0.25, 0.3) is 0 Å². The SMILES string of the molecule is COC(=O)C(C)(CO)C(O)[C@H]1O[C@@H](N/C=C(F)\C(=N/C=O)NC(=O)OCC(C)C)CS1. The van der Waals surface area contributed by atoms with Crippen LogP contribution in [0.2, 0.25) is 0 Å². The zero-order chi connectivity index (χ0) is 23.6. The Morgan fingerprint density at radius 2 is 2.13 bits per heavy atom. The van der Waals surface area contributed by atoms with Crippen molar-refractivity contribution in [2.75, 3.05) is 26.1 Å². The number of aliphatic hydroxyl groups excluding tert-OH is 2. The minimum Gasteiger partial charge on any atom is -0.468 e. The van der Waals surface area contributed by atoms with Crippen LogP contribution < -0.4 is 10.6 Å². The maximum Gasteiger partial charge on any atom is 0.412 e. The third kappa shape index (κ3) is 7.76. The van der Waals surface area contributed by atoms with Crippen LogP contribution in [0.15, 0.2) is 17.0 Å². The summed E-state index contributed by atoms with van der Waals surface area (Å²) in [4.78, 5) is 37.4. The minimum atomic E-state index is -1.60. The molecule has 1 saturated heterocycles. The molecule has 1 aliphatic rings. The van der Waals surface area contributed by atoms with Crippen LogP contribution in [0.3, 0.4) is 0 Å². The van der Waals surface area contributed by atoms with Crippen LogP contribution >= 0.6 is 11.8 Å². The second kappa shape index (κ2) is 12.6. The van der Waals surface area contributed by atoms with Crippen LogP contribution in [-0.4, -0.2) is 78.4 Å². The number of carbonyl (C=O) groups is 3. The monoisotopic (exact) mass is 465 g/mol. The number of ether oxygens (including phenoxy) is 3. The molecule has 1 heterocycles. The molecule has 0 aromatic carbocycles. The fraction of sp³-hybridized carbons (Fsp3) is 0.667. The van der Waals surface area contributed by atoms with Gasteiger partial charge in [-0.15, -0.1) is 11.8 Å². The summed E-state index contributed by atoms with van der Waals surface area (Å²) in [5.74, 6) is -2.21. The predicted octanol–water partition coefficient (Wildman–Crippen LogP) is 0.272. The molecule has 1 rings (SSSR count). The zero-order valence-corrected chi connectivity index (χ0v) is 18.5. The Morgan fingerprint density at radius 1 is 1.45 bits per heavy atom. The van der Waals surface area contributed by atoms with Crippen molar-refractivity contribution in [3.63, 3.8) is 0 Å². The van der Waals surface area contributed by atoms with Crippen LogP contribution in [0, 0.1) is 11.3 Å². The van der Waals surface area contributed by atoms with Gasteiger partial charge in [0, 0.05) is 12.0 Å². The van der Waals surface area contributed by atoms with Gasteiger partial charge in [-0.25, -0.2) is 9.18 Å². The lowest BCUT2D eigenvalue weighted by Gasteiger charge is -2.32. The highest BCUT2D eigenvalue weighted by Gasteiger charge is 2.48. The first kappa shape index (κ1) is 26.8. The molecule has 31 heavy (non-hydrogen) atoms. The van der Waals surface area contributed by atoms with E-state index in [0.717, 1.165) is 25.1 Å². The molecule has 0 spiro atoms. The second-order valence-corrected chi connectivity index (χ2v) is 8.33. The van der Waals surface area contributed by atoms with Crippen molar-refractivity contribution >= 4 is 36.1 Å². The fourth-order valence-electron chi connectivity index (χ4n) is 2.30. The summed E-state index contributed by atoms with van der Waals surface area (Å²) in [7, 11) is 1.13. The number of amides is 2. The molecule has 0 aromatic heterocycles. The summed E-state index contributed by atoms with van der Waals surface area (Å²) in [6.45, 7) is 4.39. The van der Waals surface area contributed by atoms with Crippen molar-refractivity contribution in [1.29, 1.82) is 0 Å². The lowest BCUT2D eigenvalue weighted by atomic mass is 9.85. The number of aliphatic imine (C=N–C) groups is 1. The largest absolute Gasteiger partial charge is 0.468 e. The minimum absolute atomic E-state index is 0.0579. The van der Waals surface area contributed by atoms with Gasteiger partial charge >= 0.3 is 12.1 Å². The normalized spacial score (nSPS) is 22.5. The standard InChI is InChI=1S/C18H28FN3O8S/c1-10(2)6-29-17(27)22-14(21-9-24)11(19)5-20-12-7-31-15(30-12)13(25)18(3,8-23)16(26)28-4/h5,9-10,12-13,15,20,23,25H,6-8H2,1-4H3,(H,21,22,24,27)/b11-5+/t12-,13?,15+,18?/m1/s1. The van der Waals surface area contributed by atoms with Crippen LogP contribution in [0.25, 0.3) is 0 Å². The van der Waals surface area contributed by atoms with E-state index in [1.54, 1.807) is 0 Å². The van der Waals surface area contributed by atoms with Crippen molar-refractivity contribution in [3.8, 4) is 0 Å². The third-order valence-electron chi connectivity index (χ3n) is 4.17. The number of methoxy groups -OCH3 is 1. The van der Waals surface area contributed by atoms with E-state index in [9.17, 15) is 29.0 Å². The predicted molar refractivity (Wildman–Crippen MR) is 109 cm³/mol. The summed E-state index contributed by atoms with van der Waals surface area (Å²) in [6.07, 6.45) is -2.26. The maximum atomic E-state index is 14.4. The Hall–Kier alpha value is -2.22. The van der Waals surface area contributed by atoms with Gasteiger partial charge < -0.3 is 29.7 Å². The first-order valence-corrected chi connectivity index (χ1v) is 10.4. The Balaban J connectivity index is 2.72. The number of halogens is 1. The molecule has 2 unspecified atom stereocenters. The Labute approximate surface area is 183 Å². The average molecular weight is 466 g/mol. The number of esters is 1. The van der Waals surface area contributed by atoms with Gasteiger partial charge in [-0.1, -0.05) is 13.8 Å². The molecule has 0 saturated carbocycles. The van der Waals surface area contributed by atoms with E-state index in [2.05, 4.69) is 15.0 Å². The molecule has 0 aliphatic carbocycles. The third-order valence-corrected chi connectivity index (χ3v) is 5.37. The number of nitrogens with zero attached hydrogens (tertiary/aromatic N) is 1. The average Bonchev–Trinajstić information content (AvgIpc) is 3.22. The summed E-state index contributed by atoms with van der Waals surface area (Å²) >= 11 is 1.14. The first-order chi connectivity index (χ1) is 14.6. The Kier molecular flexibility index (Phi) is 10.9. The number of hydrogen-bond donors (Lipinski definition) is 4. The maximum absolute atomic E-state index is 14.4. The number of amidine groups is 1. The van der Waals surface area contributed by atoms with Gasteiger partial charge in [-0.3, -0.25) is 14.9 Å². The molecule has 4 atom stereocenters. The number of thioether (sulfide) groups is 1. The number of aliphatic hydroxyl groups is 2. The van der Waals surface area contributed by atoms with Crippen LogP contribution in [0.5, 0.6) is 0 Å². The highest BCUT2D eigenvalue weighted by molar-refractivity contribution is 8.00. The van der Waals surface area contributed by atoms with E-state index in [4.69, 9.17) is 9.47 Å². The molecule has 176 valence electrons. The number of nitrogens with one attached hydrogen (secondary N) is 2. The van der Waals surface area contributed by atoms with Crippen molar-refractivity contribution in [3.05, 3.63) is 12.0 Å². The molecule has 1 fully saturated rings. The van der Waals surface area contributed by atoms with E-state index in [1.807, 2.05) is 19.2 Å². The van der Waals surface area contributed by atoms with E-state index in [-0.39, 0.29) is 24.7 Å². The number of rotatable bonds is 10. The molecule has 0 aromatic rings. The number of alkyl carbamates (subject to hydrolysis) is 1. The molecule has 0 bridgehead atoms. The van der Waals surface area contributed by atoms with Crippen LogP contribution in [-0.2, 0) is 23.8 Å². The van der Waals surface area contributed by atoms with Gasteiger partial charge in [0.15, 0.2) is 11.7 Å². The van der Waals surface area contributed by atoms with E-state index < -0.39 is 53.5 Å². The fourth-order valence-corrected chi connectivity index (χ4v) is 3.54. The topological polar surface area (TPSA) is 156 Å². The van der Waals surface area contributed by atoms with Gasteiger partial charge in [0.05, 0.1) is 20.3 Å². The van der Waals surface area contributed by atoms with E-state index >= 15 is 0 Å².